The van der Waals surface area contributed by atoms with E-state index in [1.54, 1.807) is 33.5 Å². The number of aromatic nitrogens is 3. The average Bonchev–Trinajstić information content (AvgIpc) is 3.08. The minimum absolute atomic E-state index is 0.101. The molecule has 0 saturated heterocycles. The molecule has 0 saturated carbocycles. The fourth-order valence-electron chi connectivity index (χ4n) is 2.98. The van der Waals surface area contributed by atoms with Crippen molar-refractivity contribution in [3.8, 4) is 0 Å². The molecule has 132 valence electrons. The van der Waals surface area contributed by atoms with Crippen LogP contribution in [-0.2, 0) is 6.54 Å². The molecule has 1 N–H and O–H groups in total. The number of hydrogen-bond acceptors (Lipinski definition) is 4. The summed E-state index contributed by atoms with van der Waals surface area (Å²) in [6.45, 7) is 3.99. The second kappa shape index (κ2) is 7.06. The summed E-state index contributed by atoms with van der Waals surface area (Å²) in [7, 11) is 4.01. The van der Waals surface area contributed by atoms with E-state index >= 15 is 0 Å². The predicted octanol–water partition coefficient (Wildman–Crippen LogP) is 1.35. The summed E-state index contributed by atoms with van der Waals surface area (Å²) in [5, 5.41) is 7.16. The van der Waals surface area contributed by atoms with Crippen LogP contribution in [0.2, 0.25) is 0 Å². The zero-order valence-electron chi connectivity index (χ0n) is 14.8. The van der Waals surface area contributed by atoms with Gasteiger partial charge in [0.05, 0.1) is 17.2 Å². The molecule has 7 nitrogen and oxygen atoms in total. The third-order valence-corrected chi connectivity index (χ3v) is 4.25. The molecule has 0 spiro atoms. The highest BCUT2D eigenvalue weighted by Gasteiger charge is 2.13. The molecule has 3 rings (SSSR count). The number of nitrogens with one attached hydrogen (secondary N) is 1. The maximum Gasteiger partial charge on any atom is 0.277 e. The van der Waals surface area contributed by atoms with E-state index in [0.717, 1.165) is 18.5 Å². The first-order valence-electron chi connectivity index (χ1n) is 8.46. The largest absolute Gasteiger partial charge is 0.352 e. The Morgan fingerprint density at radius 3 is 2.72 bits per heavy atom. The van der Waals surface area contributed by atoms with Gasteiger partial charge in [-0.25, -0.2) is 4.52 Å². The fourth-order valence-corrected chi connectivity index (χ4v) is 2.98. The van der Waals surface area contributed by atoms with Gasteiger partial charge < -0.3 is 14.8 Å². The van der Waals surface area contributed by atoms with Crippen LogP contribution < -0.4 is 10.9 Å². The first kappa shape index (κ1) is 17.2. The third-order valence-electron chi connectivity index (χ3n) is 4.25. The number of benzene rings is 1. The molecule has 2 aromatic heterocycles. The van der Waals surface area contributed by atoms with Gasteiger partial charge in [0.15, 0.2) is 0 Å². The molecule has 3 aromatic rings. The van der Waals surface area contributed by atoms with Crippen LogP contribution in [0.25, 0.3) is 16.6 Å². The van der Waals surface area contributed by atoms with E-state index in [4.69, 9.17) is 0 Å². The van der Waals surface area contributed by atoms with Gasteiger partial charge in [-0.05, 0) is 58.3 Å². The summed E-state index contributed by atoms with van der Waals surface area (Å²) in [5.74, 6) is -0.128. The maximum absolute atomic E-state index is 12.6. The Morgan fingerprint density at radius 2 is 2.00 bits per heavy atom. The van der Waals surface area contributed by atoms with Crippen LogP contribution in [0.5, 0.6) is 0 Å². The Morgan fingerprint density at radius 1 is 1.20 bits per heavy atom. The van der Waals surface area contributed by atoms with E-state index in [9.17, 15) is 9.59 Å². The molecule has 0 bridgehead atoms. The second-order valence-electron chi connectivity index (χ2n) is 6.29. The summed E-state index contributed by atoms with van der Waals surface area (Å²) in [6.07, 6.45) is 2.50. The van der Waals surface area contributed by atoms with Crippen molar-refractivity contribution in [1.82, 2.24) is 24.4 Å². The number of hydrogen-bond donors (Lipinski definition) is 1. The van der Waals surface area contributed by atoms with Crippen LogP contribution in [0.1, 0.15) is 23.7 Å². The third kappa shape index (κ3) is 3.28. The molecule has 0 unspecified atom stereocenters. The standard InChI is InChI=1S/C18H23N5O2/c1-4-22-16-12-13(17(24)19-9-5-11-21(2)3)6-7-14(16)23-15(18(22)25)8-10-20-23/h6-8,10,12H,4-5,9,11H2,1-3H3,(H,19,24). The Kier molecular flexibility index (Phi) is 4.85. The highest BCUT2D eigenvalue weighted by Crippen LogP contribution is 2.16. The summed E-state index contributed by atoms with van der Waals surface area (Å²) in [4.78, 5) is 27.1. The van der Waals surface area contributed by atoms with Crippen molar-refractivity contribution in [2.45, 2.75) is 19.9 Å². The normalized spacial score (nSPS) is 11.5. The Hall–Kier alpha value is -2.67. The molecule has 25 heavy (non-hydrogen) atoms. The van der Waals surface area contributed by atoms with Gasteiger partial charge in [0, 0.05) is 18.7 Å². The molecule has 7 heteroatoms. The molecule has 0 fully saturated rings. The van der Waals surface area contributed by atoms with E-state index in [1.807, 2.05) is 27.1 Å². The Balaban J connectivity index is 1.95. The lowest BCUT2D eigenvalue weighted by Crippen LogP contribution is -2.27. The van der Waals surface area contributed by atoms with Crippen molar-refractivity contribution in [1.29, 1.82) is 0 Å². The summed E-state index contributed by atoms with van der Waals surface area (Å²) < 4.78 is 3.30. The van der Waals surface area contributed by atoms with Crippen molar-refractivity contribution in [2.75, 3.05) is 27.2 Å². The molecule has 0 aliphatic carbocycles. The van der Waals surface area contributed by atoms with Crippen LogP contribution in [-0.4, -0.2) is 52.2 Å². The fraction of sp³-hybridized carbons (Fsp3) is 0.389. The molecule has 1 amide bonds. The van der Waals surface area contributed by atoms with E-state index in [0.29, 0.717) is 29.7 Å². The summed E-state index contributed by atoms with van der Waals surface area (Å²) >= 11 is 0. The Bertz CT molecular complexity index is 971. The lowest BCUT2D eigenvalue weighted by Gasteiger charge is -2.12. The topological polar surface area (TPSA) is 71.6 Å². The molecule has 1 aromatic carbocycles. The predicted molar refractivity (Wildman–Crippen MR) is 98.1 cm³/mol. The van der Waals surface area contributed by atoms with Crippen LogP contribution >= 0.6 is 0 Å². The minimum Gasteiger partial charge on any atom is -0.352 e. The van der Waals surface area contributed by atoms with E-state index < -0.39 is 0 Å². The lowest BCUT2D eigenvalue weighted by atomic mass is 10.1. The zero-order chi connectivity index (χ0) is 18.0. The van der Waals surface area contributed by atoms with E-state index in [1.165, 1.54) is 0 Å². The molecular formula is C18H23N5O2. The number of nitrogens with zero attached hydrogens (tertiary/aromatic N) is 4. The van der Waals surface area contributed by atoms with Crippen LogP contribution in [0.15, 0.2) is 35.3 Å². The molecule has 0 aliphatic rings. The van der Waals surface area contributed by atoms with Crippen molar-refractivity contribution in [3.05, 3.63) is 46.4 Å². The Labute approximate surface area is 145 Å². The molecule has 0 atom stereocenters. The highest BCUT2D eigenvalue weighted by atomic mass is 16.1. The number of aryl methyl sites for hydroxylation is 1. The van der Waals surface area contributed by atoms with Gasteiger partial charge in [-0.1, -0.05) is 0 Å². The van der Waals surface area contributed by atoms with Gasteiger partial charge >= 0.3 is 0 Å². The summed E-state index contributed by atoms with van der Waals surface area (Å²) in [6, 6.07) is 7.09. The van der Waals surface area contributed by atoms with Crippen LogP contribution in [0.4, 0.5) is 0 Å². The first-order valence-corrected chi connectivity index (χ1v) is 8.46. The van der Waals surface area contributed by atoms with Gasteiger partial charge in [0.1, 0.15) is 5.52 Å². The first-order chi connectivity index (χ1) is 12.0. The van der Waals surface area contributed by atoms with Crippen LogP contribution in [0.3, 0.4) is 0 Å². The summed E-state index contributed by atoms with van der Waals surface area (Å²) in [5.41, 5.74) is 2.51. The average molecular weight is 341 g/mol. The number of amides is 1. The molecule has 0 radical (unpaired) electrons. The second-order valence-corrected chi connectivity index (χ2v) is 6.29. The SMILES string of the molecule is CCn1c(=O)c2ccnn2c2ccc(C(=O)NCCCN(C)C)cc21. The van der Waals surface area contributed by atoms with Crippen molar-refractivity contribution in [3.63, 3.8) is 0 Å². The minimum atomic E-state index is -0.128. The number of carbonyl (C=O) groups is 1. The van der Waals surface area contributed by atoms with E-state index in [2.05, 4.69) is 15.3 Å². The van der Waals surface area contributed by atoms with Crippen LogP contribution in [0, 0.1) is 0 Å². The monoisotopic (exact) mass is 341 g/mol. The maximum atomic E-state index is 12.6. The highest BCUT2D eigenvalue weighted by molar-refractivity contribution is 5.97. The van der Waals surface area contributed by atoms with Gasteiger partial charge in [0.25, 0.3) is 11.5 Å². The quantitative estimate of drug-likeness (QED) is 0.687. The number of carbonyl (C=O) groups excluding carboxylic acids is 1. The molecule has 0 aliphatic heterocycles. The van der Waals surface area contributed by atoms with Gasteiger partial charge in [-0.2, -0.15) is 5.10 Å². The van der Waals surface area contributed by atoms with Crippen molar-refractivity contribution < 1.29 is 4.79 Å². The lowest BCUT2D eigenvalue weighted by molar-refractivity contribution is 0.0952. The number of rotatable bonds is 6. The van der Waals surface area contributed by atoms with E-state index in [-0.39, 0.29) is 11.5 Å². The molecular weight excluding hydrogens is 318 g/mol. The van der Waals surface area contributed by atoms with Gasteiger partial charge in [0.2, 0.25) is 0 Å². The van der Waals surface area contributed by atoms with Gasteiger partial charge in [-0.3, -0.25) is 9.59 Å². The van der Waals surface area contributed by atoms with Crippen molar-refractivity contribution >= 4 is 22.5 Å². The van der Waals surface area contributed by atoms with Gasteiger partial charge in [-0.15, -0.1) is 0 Å². The smallest absolute Gasteiger partial charge is 0.277 e. The zero-order valence-corrected chi connectivity index (χ0v) is 14.8. The van der Waals surface area contributed by atoms with Crippen molar-refractivity contribution in [2.24, 2.45) is 0 Å². The molecule has 2 heterocycles. The number of fused-ring (bicyclic) bond motifs is 3.